The molecule has 1 unspecified atom stereocenters. The maximum absolute atomic E-state index is 12.1. The normalized spacial score (nSPS) is 11.7. The number of benzene rings is 2. The molecule has 9 nitrogen and oxygen atoms in total. The van der Waals surface area contributed by atoms with Gasteiger partial charge in [-0.3, -0.25) is 10.1 Å². The third kappa shape index (κ3) is 5.80. The zero-order chi connectivity index (χ0) is 21.4. The molecule has 0 saturated heterocycles. The van der Waals surface area contributed by atoms with Crippen LogP contribution < -0.4 is 9.47 Å². The number of carboxylic acids is 1. The van der Waals surface area contributed by atoms with Crippen LogP contribution in [-0.4, -0.2) is 42.3 Å². The highest BCUT2D eigenvalue weighted by Gasteiger charge is 2.22. The number of ether oxygens (including phenoxy) is 3. The predicted molar refractivity (Wildman–Crippen MR) is 103 cm³/mol. The van der Waals surface area contributed by atoms with E-state index in [4.69, 9.17) is 14.2 Å². The van der Waals surface area contributed by atoms with Crippen molar-refractivity contribution in [3.05, 3.63) is 69.8 Å². The zero-order valence-electron chi connectivity index (χ0n) is 15.7. The molecule has 0 aromatic heterocycles. The van der Waals surface area contributed by atoms with E-state index in [0.29, 0.717) is 5.56 Å². The number of carbonyl (C=O) groups is 2. The topological polar surface area (TPSA) is 125 Å². The molecule has 2 aromatic rings. The third-order valence-corrected chi connectivity index (χ3v) is 3.93. The van der Waals surface area contributed by atoms with Gasteiger partial charge in [0.05, 0.1) is 30.8 Å². The maximum atomic E-state index is 12.1. The van der Waals surface area contributed by atoms with Gasteiger partial charge in [-0.05, 0) is 17.7 Å². The summed E-state index contributed by atoms with van der Waals surface area (Å²) in [7, 11) is 2.71. The third-order valence-electron chi connectivity index (χ3n) is 3.93. The first-order chi connectivity index (χ1) is 13.8. The quantitative estimate of drug-likeness (QED) is 0.294. The molecule has 1 atom stereocenters. The minimum Gasteiger partial charge on any atom is -0.493 e. The summed E-state index contributed by atoms with van der Waals surface area (Å²) >= 11 is 0. The zero-order valence-corrected chi connectivity index (χ0v) is 15.7. The average molecular weight is 401 g/mol. The lowest BCUT2D eigenvalue weighted by Gasteiger charge is -2.12. The molecule has 29 heavy (non-hydrogen) atoms. The summed E-state index contributed by atoms with van der Waals surface area (Å²) in [4.78, 5) is 34.1. The van der Waals surface area contributed by atoms with Crippen molar-refractivity contribution in [3.63, 3.8) is 0 Å². The Hall–Kier alpha value is -3.88. The molecule has 0 bridgehead atoms. The summed E-state index contributed by atoms with van der Waals surface area (Å²) < 4.78 is 15.1. The molecule has 9 heteroatoms. The Labute approximate surface area is 166 Å². The Morgan fingerprint density at radius 3 is 2.31 bits per heavy atom. The van der Waals surface area contributed by atoms with Crippen LogP contribution >= 0.6 is 0 Å². The number of carbonyl (C=O) groups excluding carboxylic acids is 1. The number of hydrogen-bond donors (Lipinski definition) is 1. The Kier molecular flexibility index (Phi) is 7.30. The van der Waals surface area contributed by atoms with E-state index in [2.05, 4.69) is 0 Å². The molecule has 0 aliphatic heterocycles. The molecule has 0 aliphatic carbocycles. The number of nitrogens with zero attached hydrogens (tertiary/aromatic N) is 1. The van der Waals surface area contributed by atoms with E-state index in [9.17, 15) is 24.8 Å². The number of nitro benzene ring substituents is 1. The minimum absolute atomic E-state index is 0.00768. The molecule has 2 aromatic carbocycles. The van der Waals surface area contributed by atoms with Gasteiger partial charge in [-0.2, -0.15) is 0 Å². The lowest BCUT2D eigenvalue weighted by molar-refractivity contribution is -0.385. The van der Waals surface area contributed by atoms with Crippen molar-refractivity contribution in [2.45, 2.75) is 12.5 Å². The molecular formula is C20H19NO8. The van der Waals surface area contributed by atoms with Crippen LogP contribution in [0.4, 0.5) is 5.69 Å². The van der Waals surface area contributed by atoms with E-state index in [-0.39, 0.29) is 29.2 Å². The Morgan fingerprint density at radius 2 is 1.76 bits per heavy atom. The summed E-state index contributed by atoms with van der Waals surface area (Å²) in [6.07, 6.45) is 0.681. The van der Waals surface area contributed by atoms with Crippen LogP contribution in [0.5, 0.6) is 11.5 Å². The standard InChI is InChI=1S/C20H19NO8/c1-27-16-11-14(15(21(25)26)12-17(16)28-2)8-9-19(22)29-18(20(23)24)10-13-6-4-3-5-7-13/h3-9,11-12,18H,10H2,1-2H3,(H,23,24). The first kappa shape index (κ1) is 21.4. The number of esters is 1. The number of hydrogen-bond acceptors (Lipinski definition) is 7. The number of carboxylic acid groups (broad SMARTS) is 1. The number of methoxy groups -OCH3 is 2. The van der Waals surface area contributed by atoms with E-state index in [0.717, 1.165) is 12.2 Å². The lowest BCUT2D eigenvalue weighted by Crippen LogP contribution is -2.28. The SMILES string of the molecule is COc1cc(C=CC(=O)OC(Cc2ccccc2)C(=O)O)c([N+](=O)[O-])cc1OC. The van der Waals surface area contributed by atoms with Crippen molar-refractivity contribution >= 4 is 23.7 Å². The van der Waals surface area contributed by atoms with E-state index in [1.807, 2.05) is 0 Å². The summed E-state index contributed by atoms with van der Waals surface area (Å²) in [6, 6.07) is 11.2. The van der Waals surface area contributed by atoms with Crippen molar-refractivity contribution < 1.29 is 33.8 Å². The summed E-state index contributed by atoms with van der Waals surface area (Å²) in [5.74, 6) is -1.85. The molecule has 0 fully saturated rings. The van der Waals surface area contributed by atoms with Gasteiger partial charge in [0.2, 0.25) is 6.10 Å². The van der Waals surface area contributed by atoms with Gasteiger partial charge in [-0.1, -0.05) is 30.3 Å². The van der Waals surface area contributed by atoms with Crippen LogP contribution in [0.15, 0.2) is 48.5 Å². The second kappa shape index (κ2) is 9.88. The van der Waals surface area contributed by atoms with Crippen LogP contribution in [-0.2, 0) is 20.7 Å². The highest BCUT2D eigenvalue weighted by molar-refractivity contribution is 5.90. The van der Waals surface area contributed by atoms with Gasteiger partial charge in [0.15, 0.2) is 11.5 Å². The molecule has 0 radical (unpaired) electrons. The van der Waals surface area contributed by atoms with Crippen LogP contribution in [0.1, 0.15) is 11.1 Å². The van der Waals surface area contributed by atoms with Crippen LogP contribution in [0.2, 0.25) is 0 Å². The Bertz CT molecular complexity index is 924. The van der Waals surface area contributed by atoms with Crippen LogP contribution in [0, 0.1) is 10.1 Å². The molecule has 1 N–H and O–H groups in total. The van der Waals surface area contributed by atoms with E-state index in [1.165, 1.54) is 26.4 Å². The second-order valence-electron chi connectivity index (χ2n) is 5.81. The smallest absolute Gasteiger partial charge is 0.345 e. The fourth-order valence-electron chi connectivity index (χ4n) is 2.52. The largest absolute Gasteiger partial charge is 0.493 e. The maximum Gasteiger partial charge on any atom is 0.345 e. The monoisotopic (exact) mass is 401 g/mol. The first-order valence-corrected chi connectivity index (χ1v) is 8.41. The van der Waals surface area contributed by atoms with E-state index in [1.54, 1.807) is 30.3 Å². The van der Waals surface area contributed by atoms with E-state index < -0.39 is 23.0 Å². The molecule has 0 amide bonds. The molecular weight excluding hydrogens is 382 g/mol. The molecule has 0 spiro atoms. The number of rotatable bonds is 9. The van der Waals surface area contributed by atoms with Gasteiger partial charge in [0.1, 0.15) is 0 Å². The lowest BCUT2D eigenvalue weighted by atomic mass is 10.1. The van der Waals surface area contributed by atoms with Gasteiger partial charge in [-0.15, -0.1) is 0 Å². The van der Waals surface area contributed by atoms with E-state index >= 15 is 0 Å². The molecule has 0 aliphatic rings. The predicted octanol–water partition coefficient (Wildman–Crippen LogP) is 2.86. The highest BCUT2D eigenvalue weighted by atomic mass is 16.6. The summed E-state index contributed by atoms with van der Waals surface area (Å²) in [5, 5.41) is 20.6. The molecule has 0 heterocycles. The Morgan fingerprint density at radius 1 is 1.14 bits per heavy atom. The van der Waals surface area contributed by atoms with Gasteiger partial charge in [0, 0.05) is 12.5 Å². The second-order valence-corrected chi connectivity index (χ2v) is 5.81. The number of nitro groups is 1. The van der Waals surface area contributed by atoms with Crippen LogP contribution in [0.25, 0.3) is 6.08 Å². The van der Waals surface area contributed by atoms with Crippen molar-refractivity contribution in [2.24, 2.45) is 0 Å². The van der Waals surface area contributed by atoms with Crippen molar-refractivity contribution in [1.82, 2.24) is 0 Å². The van der Waals surface area contributed by atoms with Crippen molar-refractivity contribution in [1.29, 1.82) is 0 Å². The highest BCUT2D eigenvalue weighted by Crippen LogP contribution is 2.35. The fourth-order valence-corrected chi connectivity index (χ4v) is 2.52. The Balaban J connectivity index is 2.20. The van der Waals surface area contributed by atoms with Gasteiger partial charge in [0.25, 0.3) is 5.69 Å². The molecule has 0 saturated carbocycles. The van der Waals surface area contributed by atoms with Crippen molar-refractivity contribution in [3.8, 4) is 11.5 Å². The number of aliphatic carboxylic acids is 1. The first-order valence-electron chi connectivity index (χ1n) is 8.41. The molecule has 2 rings (SSSR count). The molecule has 152 valence electrons. The summed E-state index contributed by atoms with van der Waals surface area (Å²) in [5.41, 5.74) is 0.442. The van der Waals surface area contributed by atoms with Gasteiger partial charge in [-0.25, -0.2) is 9.59 Å². The minimum atomic E-state index is -1.39. The summed E-state index contributed by atoms with van der Waals surface area (Å²) in [6.45, 7) is 0. The fraction of sp³-hybridized carbons (Fsp3) is 0.200. The van der Waals surface area contributed by atoms with Crippen molar-refractivity contribution in [2.75, 3.05) is 14.2 Å². The van der Waals surface area contributed by atoms with Gasteiger partial charge >= 0.3 is 11.9 Å². The van der Waals surface area contributed by atoms with Crippen LogP contribution in [0.3, 0.4) is 0 Å². The average Bonchev–Trinajstić information content (AvgIpc) is 2.71. The van der Waals surface area contributed by atoms with Gasteiger partial charge < -0.3 is 19.3 Å².